The lowest BCUT2D eigenvalue weighted by Crippen LogP contribution is -2.40. The van der Waals surface area contributed by atoms with E-state index in [4.69, 9.17) is 4.74 Å². The van der Waals surface area contributed by atoms with E-state index in [1.807, 2.05) is 6.07 Å². The van der Waals surface area contributed by atoms with Crippen molar-refractivity contribution in [1.29, 1.82) is 0 Å². The van der Waals surface area contributed by atoms with E-state index in [1.54, 1.807) is 30.1 Å². The topological polar surface area (TPSA) is 86.1 Å². The average molecular weight is 356 g/mol. The molecule has 1 amide bonds. The first-order chi connectivity index (χ1) is 12.7. The number of amides is 1. The molecule has 0 spiro atoms. The first kappa shape index (κ1) is 18.3. The Morgan fingerprint density at radius 3 is 2.92 bits per heavy atom. The summed E-state index contributed by atoms with van der Waals surface area (Å²) in [6, 6.07) is 3.60. The first-order valence-corrected chi connectivity index (χ1v) is 8.91. The van der Waals surface area contributed by atoms with Gasteiger partial charge in [0, 0.05) is 50.3 Å². The molecule has 2 aromatic heterocycles. The van der Waals surface area contributed by atoms with Crippen LogP contribution in [-0.2, 0) is 35.3 Å². The van der Waals surface area contributed by atoms with Crippen LogP contribution in [0.2, 0.25) is 0 Å². The van der Waals surface area contributed by atoms with Crippen LogP contribution in [0.5, 0.6) is 0 Å². The van der Waals surface area contributed by atoms with Crippen LogP contribution >= 0.6 is 0 Å². The number of pyridine rings is 1. The highest BCUT2D eigenvalue weighted by Gasteiger charge is 2.22. The standard InChI is InChI=1S/C19H24N4O3/c1-26-9-8-23-17-5-4-16(10-15(17)3-7-19(23)25)22-18(24)6-2-14-11-20-13-21-12-14/h3,7,11-13,16H,2,4-6,8-10H2,1H3,(H,22,24). The summed E-state index contributed by atoms with van der Waals surface area (Å²) in [4.78, 5) is 32.3. The molecule has 138 valence electrons. The van der Waals surface area contributed by atoms with Gasteiger partial charge in [0.05, 0.1) is 6.61 Å². The van der Waals surface area contributed by atoms with Crippen LogP contribution in [0.1, 0.15) is 29.7 Å². The quantitative estimate of drug-likeness (QED) is 0.796. The van der Waals surface area contributed by atoms with E-state index in [0.29, 0.717) is 26.0 Å². The van der Waals surface area contributed by atoms with Gasteiger partial charge in [-0.25, -0.2) is 9.97 Å². The molecule has 1 aliphatic rings. The third-order valence-corrected chi connectivity index (χ3v) is 4.72. The molecule has 0 aliphatic heterocycles. The Balaban J connectivity index is 1.58. The summed E-state index contributed by atoms with van der Waals surface area (Å²) in [6.07, 6.45) is 8.37. The summed E-state index contributed by atoms with van der Waals surface area (Å²) in [5, 5.41) is 3.12. The van der Waals surface area contributed by atoms with Crippen molar-refractivity contribution in [2.24, 2.45) is 0 Å². The van der Waals surface area contributed by atoms with Crippen molar-refractivity contribution in [3.05, 3.63) is 58.0 Å². The Morgan fingerprint density at radius 1 is 1.35 bits per heavy atom. The lowest BCUT2D eigenvalue weighted by atomic mass is 9.91. The molecule has 0 radical (unpaired) electrons. The number of carbonyl (C=O) groups is 1. The lowest BCUT2D eigenvalue weighted by Gasteiger charge is -2.27. The largest absolute Gasteiger partial charge is 0.383 e. The average Bonchev–Trinajstić information content (AvgIpc) is 2.66. The monoisotopic (exact) mass is 356 g/mol. The van der Waals surface area contributed by atoms with Crippen molar-refractivity contribution < 1.29 is 9.53 Å². The number of hydrogen-bond donors (Lipinski definition) is 1. The number of nitrogens with zero attached hydrogens (tertiary/aromatic N) is 3. The second-order valence-corrected chi connectivity index (χ2v) is 6.54. The van der Waals surface area contributed by atoms with Crippen LogP contribution in [0.25, 0.3) is 0 Å². The van der Waals surface area contributed by atoms with Crippen molar-refractivity contribution >= 4 is 5.91 Å². The molecular formula is C19H24N4O3. The van der Waals surface area contributed by atoms with Crippen LogP contribution in [0.15, 0.2) is 35.6 Å². The maximum Gasteiger partial charge on any atom is 0.250 e. The molecular weight excluding hydrogens is 332 g/mol. The molecule has 2 aromatic rings. The molecule has 0 bridgehead atoms. The van der Waals surface area contributed by atoms with E-state index in [-0.39, 0.29) is 17.5 Å². The van der Waals surface area contributed by atoms with Gasteiger partial charge in [0.2, 0.25) is 5.91 Å². The number of fused-ring (bicyclic) bond motifs is 1. The van der Waals surface area contributed by atoms with Gasteiger partial charge in [-0.3, -0.25) is 9.59 Å². The molecule has 1 aliphatic carbocycles. The van der Waals surface area contributed by atoms with E-state index in [9.17, 15) is 9.59 Å². The highest BCUT2D eigenvalue weighted by atomic mass is 16.5. The minimum Gasteiger partial charge on any atom is -0.383 e. The molecule has 0 saturated heterocycles. The second kappa shape index (κ2) is 8.71. The van der Waals surface area contributed by atoms with Crippen molar-refractivity contribution in [2.45, 2.75) is 44.7 Å². The highest BCUT2D eigenvalue weighted by Crippen LogP contribution is 2.20. The van der Waals surface area contributed by atoms with E-state index in [2.05, 4.69) is 15.3 Å². The summed E-state index contributed by atoms with van der Waals surface area (Å²) in [5.41, 5.74) is 3.17. The molecule has 3 rings (SSSR count). The van der Waals surface area contributed by atoms with Gasteiger partial charge in [-0.15, -0.1) is 0 Å². The Bertz CT molecular complexity index is 804. The van der Waals surface area contributed by atoms with Crippen LogP contribution < -0.4 is 10.9 Å². The van der Waals surface area contributed by atoms with Crippen LogP contribution in [-0.4, -0.2) is 40.2 Å². The van der Waals surface area contributed by atoms with Gasteiger partial charge in [-0.2, -0.15) is 0 Å². The molecule has 1 unspecified atom stereocenters. The fourth-order valence-electron chi connectivity index (χ4n) is 3.39. The van der Waals surface area contributed by atoms with Gasteiger partial charge < -0.3 is 14.6 Å². The first-order valence-electron chi connectivity index (χ1n) is 8.91. The third kappa shape index (κ3) is 4.54. The van der Waals surface area contributed by atoms with Gasteiger partial charge >= 0.3 is 0 Å². The maximum atomic E-state index is 12.2. The van der Waals surface area contributed by atoms with Crippen LogP contribution in [0.4, 0.5) is 0 Å². The number of methoxy groups -OCH3 is 1. The zero-order valence-corrected chi connectivity index (χ0v) is 15.0. The maximum absolute atomic E-state index is 12.2. The predicted molar refractivity (Wildman–Crippen MR) is 96.9 cm³/mol. The number of rotatable bonds is 7. The van der Waals surface area contributed by atoms with Crippen molar-refractivity contribution in [3.63, 3.8) is 0 Å². The van der Waals surface area contributed by atoms with Crippen LogP contribution in [0, 0.1) is 0 Å². The molecule has 0 saturated carbocycles. The fraction of sp³-hybridized carbons (Fsp3) is 0.474. The smallest absolute Gasteiger partial charge is 0.250 e. The van der Waals surface area contributed by atoms with Crippen molar-refractivity contribution in [3.8, 4) is 0 Å². The van der Waals surface area contributed by atoms with E-state index in [0.717, 1.165) is 36.1 Å². The fourth-order valence-corrected chi connectivity index (χ4v) is 3.39. The van der Waals surface area contributed by atoms with E-state index >= 15 is 0 Å². The van der Waals surface area contributed by atoms with E-state index < -0.39 is 0 Å². The normalized spacial score (nSPS) is 16.1. The zero-order valence-electron chi connectivity index (χ0n) is 15.0. The molecule has 1 N–H and O–H groups in total. The van der Waals surface area contributed by atoms with Gasteiger partial charge in [-0.05, 0) is 36.8 Å². The van der Waals surface area contributed by atoms with Gasteiger partial charge in [0.1, 0.15) is 6.33 Å². The molecule has 0 fully saturated rings. The minimum absolute atomic E-state index is 0.00775. The van der Waals surface area contributed by atoms with E-state index in [1.165, 1.54) is 6.33 Å². The molecule has 26 heavy (non-hydrogen) atoms. The Morgan fingerprint density at radius 2 is 2.15 bits per heavy atom. The van der Waals surface area contributed by atoms with Gasteiger partial charge in [0.25, 0.3) is 5.56 Å². The number of nitrogens with one attached hydrogen (secondary N) is 1. The third-order valence-electron chi connectivity index (χ3n) is 4.72. The molecule has 1 atom stereocenters. The molecule has 7 heteroatoms. The Kier molecular flexibility index (Phi) is 6.12. The number of aryl methyl sites for hydroxylation is 1. The van der Waals surface area contributed by atoms with Crippen molar-refractivity contribution in [2.75, 3.05) is 13.7 Å². The summed E-state index contributed by atoms with van der Waals surface area (Å²) < 4.78 is 6.90. The summed E-state index contributed by atoms with van der Waals surface area (Å²) in [6.45, 7) is 1.08. The molecule has 2 heterocycles. The SMILES string of the molecule is COCCn1c2c(ccc1=O)CC(NC(=O)CCc1cncnc1)CC2. The Hall–Kier alpha value is -2.54. The van der Waals surface area contributed by atoms with Crippen molar-refractivity contribution in [1.82, 2.24) is 19.9 Å². The van der Waals surface area contributed by atoms with Crippen LogP contribution in [0.3, 0.4) is 0 Å². The molecule has 7 nitrogen and oxygen atoms in total. The number of hydrogen-bond acceptors (Lipinski definition) is 5. The predicted octanol–water partition coefficient (Wildman–Crippen LogP) is 0.891. The minimum atomic E-state index is 0.00775. The number of ether oxygens (including phenoxy) is 1. The second-order valence-electron chi connectivity index (χ2n) is 6.54. The summed E-state index contributed by atoms with van der Waals surface area (Å²) in [7, 11) is 1.63. The number of aromatic nitrogens is 3. The molecule has 0 aromatic carbocycles. The Labute approximate surface area is 152 Å². The van der Waals surface area contributed by atoms with Gasteiger partial charge in [0.15, 0.2) is 0 Å². The lowest BCUT2D eigenvalue weighted by molar-refractivity contribution is -0.121. The van der Waals surface area contributed by atoms with Gasteiger partial charge in [-0.1, -0.05) is 6.07 Å². The highest BCUT2D eigenvalue weighted by molar-refractivity contribution is 5.76. The zero-order chi connectivity index (χ0) is 18.4. The number of carbonyl (C=O) groups excluding carboxylic acids is 1. The summed E-state index contributed by atoms with van der Waals surface area (Å²) >= 11 is 0. The summed E-state index contributed by atoms with van der Waals surface area (Å²) in [5.74, 6) is 0.0370.